The van der Waals surface area contributed by atoms with Gasteiger partial charge in [0.1, 0.15) is 11.4 Å². The first-order valence-corrected chi connectivity index (χ1v) is 11.1. The Morgan fingerprint density at radius 2 is 1.68 bits per heavy atom. The fraction of sp³-hybridized carbons (Fsp3) is 0.385. The SMILES string of the molecule is CCN(C(=O)/C(=C/c1ccc(OC)cc1)NC(=O)c1ccc(C)cc1)C1CCCCC1. The Morgan fingerprint density at radius 3 is 2.26 bits per heavy atom. The number of rotatable bonds is 7. The van der Waals surface area contributed by atoms with Crippen LogP contribution in [0.3, 0.4) is 0 Å². The molecule has 0 bridgehead atoms. The molecule has 1 saturated carbocycles. The van der Waals surface area contributed by atoms with Crippen LogP contribution in [0, 0.1) is 6.92 Å². The molecular formula is C26H32N2O3. The lowest BCUT2D eigenvalue weighted by Gasteiger charge is -2.34. The summed E-state index contributed by atoms with van der Waals surface area (Å²) in [6, 6.07) is 15.0. The van der Waals surface area contributed by atoms with E-state index in [0.717, 1.165) is 42.6 Å². The summed E-state index contributed by atoms with van der Waals surface area (Å²) >= 11 is 0. The Bertz CT molecular complexity index is 911. The molecule has 0 saturated heterocycles. The predicted molar refractivity (Wildman–Crippen MR) is 124 cm³/mol. The van der Waals surface area contributed by atoms with Gasteiger partial charge >= 0.3 is 0 Å². The van der Waals surface area contributed by atoms with Crippen molar-refractivity contribution in [2.45, 2.75) is 52.0 Å². The number of nitrogens with zero attached hydrogens (tertiary/aromatic N) is 1. The average molecular weight is 421 g/mol. The first-order valence-electron chi connectivity index (χ1n) is 11.1. The van der Waals surface area contributed by atoms with Crippen molar-refractivity contribution in [2.24, 2.45) is 0 Å². The lowest BCUT2D eigenvalue weighted by atomic mass is 9.94. The second kappa shape index (κ2) is 10.8. The van der Waals surface area contributed by atoms with E-state index in [0.29, 0.717) is 17.8 Å². The number of hydrogen-bond donors (Lipinski definition) is 1. The third kappa shape index (κ3) is 5.97. The van der Waals surface area contributed by atoms with Crippen molar-refractivity contribution in [3.05, 3.63) is 70.9 Å². The van der Waals surface area contributed by atoms with Gasteiger partial charge in [0, 0.05) is 18.2 Å². The highest BCUT2D eigenvalue weighted by molar-refractivity contribution is 6.05. The van der Waals surface area contributed by atoms with Gasteiger partial charge < -0.3 is 15.0 Å². The summed E-state index contributed by atoms with van der Waals surface area (Å²) in [7, 11) is 1.62. The molecule has 31 heavy (non-hydrogen) atoms. The van der Waals surface area contributed by atoms with Gasteiger partial charge in [0.15, 0.2) is 0 Å². The largest absolute Gasteiger partial charge is 0.497 e. The summed E-state index contributed by atoms with van der Waals surface area (Å²) < 4.78 is 5.22. The van der Waals surface area contributed by atoms with Crippen LogP contribution in [-0.4, -0.2) is 36.4 Å². The molecule has 1 aliphatic carbocycles. The Labute approximate surface area is 185 Å². The van der Waals surface area contributed by atoms with Crippen LogP contribution < -0.4 is 10.1 Å². The zero-order chi connectivity index (χ0) is 22.2. The van der Waals surface area contributed by atoms with Crippen molar-refractivity contribution in [1.29, 1.82) is 0 Å². The molecule has 0 aromatic heterocycles. The van der Waals surface area contributed by atoms with Crippen LogP contribution in [0.15, 0.2) is 54.2 Å². The molecule has 0 spiro atoms. The average Bonchev–Trinajstić information content (AvgIpc) is 2.80. The van der Waals surface area contributed by atoms with E-state index in [4.69, 9.17) is 4.74 Å². The third-order valence-corrected chi connectivity index (χ3v) is 5.84. The number of hydrogen-bond acceptors (Lipinski definition) is 3. The maximum Gasteiger partial charge on any atom is 0.270 e. The number of carbonyl (C=O) groups is 2. The highest BCUT2D eigenvalue weighted by atomic mass is 16.5. The highest BCUT2D eigenvalue weighted by Crippen LogP contribution is 2.24. The van der Waals surface area contributed by atoms with E-state index < -0.39 is 0 Å². The topological polar surface area (TPSA) is 58.6 Å². The first-order chi connectivity index (χ1) is 15.0. The zero-order valence-electron chi connectivity index (χ0n) is 18.7. The lowest BCUT2D eigenvalue weighted by molar-refractivity contribution is -0.130. The van der Waals surface area contributed by atoms with Crippen molar-refractivity contribution >= 4 is 17.9 Å². The fourth-order valence-corrected chi connectivity index (χ4v) is 4.03. The Morgan fingerprint density at radius 1 is 1.03 bits per heavy atom. The normalized spacial score (nSPS) is 14.7. The summed E-state index contributed by atoms with van der Waals surface area (Å²) in [6.45, 7) is 4.59. The van der Waals surface area contributed by atoms with Crippen LogP contribution in [0.1, 0.15) is 60.5 Å². The van der Waals surface area contributed by atoms with Gasteiger partial charge in [-0.15, -0.1) is 0 Å². The van der Waals surface area contributed by atoms with Crippen molar-refractivity contribution in [1.82, 2.24) is 10.2 Å². The van der Waals surface area contributed by atoms with Crippen LogP contribution >= 0.6 is 0 Å². The van der Waals surface area contributed by atoms with E-state index in [1.54, 1.807) is 25.3 Å². The number of nitrogens with one attached hydrogen (secondary N) is 1. The predicted octanol–water partition coefficient (Wildman–Crippen LogP) is 4.96. The quantitative estimate of drug-likeness (QED) is 0.645. The van der Waals surface area contributed by atoms with E-state index in [9.17, 15) is 9.59 Å². The molecule has 2 aromatic carbocycles. The summed E-state index contributed by atoms with van der Waals surface area (Å²) in [6.07, 6.45) is 7.28. The molecule has 0 radical (unpaired) electrons. The molecule has 1 fully saturated rings. The molecule has 0 heterocycles. The fourth-order valence-electron chi connectivity index (χ4n) is 4.03. The minimum absolute atomic E-state index is 0.134. The number of carbonyl (C=O) groups excluding carboxylic acids is 2. The molecular weight excluding hydrogens is 388 g/mol. The maximum atomic E-state index is 13.5. The maximum absolute atomic E-state index is 13.5. The van der Waals surface area contributed by atoms with E-state index in [-0.39, 0.29) is 17.9 Å². The van der Waals surface area contributed by atoms with Crippen molar-refractivity contribution in [3.63, 3.8) is 0 Å². The van der Waals surface area contributed by atoms with Crippen molar-refractivity contribution in [2.75, 3.05) is 13.7 Å². The molecule has 1 N–H and O–H groups in total. The minimum atomic E-state index is -0.284. The summed E-state index contributed by atoms with van der Waals surface area (Å²) in [5, 5.41) is 2.88. The molecule has 164 valence electrons. The number of benzene rings is 2. The Balaban J connectivity index is 1.89. The Kier molecular flexibility index (Phi) is 7.88. The van der Waals surface area contributed by atoms with Crippen LogP contribution in [0.5, 0.6) is 5.75 Å². The van der Waals surface area contributed by atoms with Crippen LogP contribution in [0.2, 0.25) is 0 Å². The van der Waals surface area contributed by atoms with Crippen LogP contribution in [-0.2, 0) is 4.79 Å². The second-order valence-corrected chi connectivity index (χ2v) is 8.03. The van der Waals surface area contributed by atoms with E-state index in [1.165, 1.54) is 6.42 Å². The minimum Gasteiger partial charge on any atom is -0.497 e. The molecule has 0 unspecified atom stereocenters. The molecule has 0 atom stereocenters. The van der Waals surface area contributed by atoms with Gasteiger partial charge in [-0.2, -0.15) is 0 Å². The highest BCUT2D eigenvalue weighted by Gasteiger charge is 2.27. The monoisotopic (exact) mass is 420 g/mol. The van der Waals surface area contributed by atoms with Gasteiger partial charge in [-0.3, -0.25) is 9.59 Å². The van der Waals surface area contributed by atoms with E-state index >= 15 is 0 Å². The molecule has 3 rings (SSSR count). The molecule has 5 heteroatoms. The lowest BCUT2D eigenvalue weighted by Crippen LogP contribution is -2.45. The van der Waals surface area contributed by atoms with Gasteiger partial charge in [-0.05, 0) is 62.6 Å². The summed E-state index contributed by atoms with van der Waals surface area (Å²) in [4.78, 5) is 28.4. The van der Waals surface area contributed by atoms with Gasteiger partial charge in [0.05, 0.1) is 7.11 Å². The molecule has 2 amide bonds. The van der Waals surface area contributed by atoms with Crippen LogP contribution in [0.25, 0.3) is 6.08 Å². The summed E-state index contributed by atoms with van der Waals surface area (Å²) in [5.41, 5.74) is 2.73. The smallest absolute Gasteiger partial charge is 0.270 e. The number of aryl methyl sites for hydroxylation is 1. The van der Waals surface area contributed by atoms with Crippen molar-refractivity contribution in [3.8, 4) is 5.75 Å². The van der Waals surface area contributed by atoms with Gasteiger partial charge in [0.25, 0.3) is 11.8 Å². The zero-order valence-corrected chi connectivity index (χ0v) is 18.7. The van der Waals surface area contributed by atoms with Gasteiger partial charge in [-0.1, -0.05) is 49.1 Å². The van der Waals surface area contributed by atoms with E-state index in [1.807, 2.05) is 55.1 Å². The van der Waals surface area contributed by atoms with Crippen molar-refractivity contribution < 1.29 is 14.3 Å². The number of methoxy groups -OCH3 is 1. The Hall–Kier alpha value is -3.08. The van der Waals surface area contributed by atoms with Gasteiger partial charge in [-0.25, -0.2) is 0 Å². The summed E-state index contributed by atoms with van der Waals surface area (Å²) in [5.74, 6) is 0.324. The van der Waals surface area contributed by atoms with Gasteiger partial charge in [0.2, 0.25) is 0 Å². The molecule has 5 nitrogen and oxygen atoms in total. The van der Waals surface area contributed by atoms with Crippen LogP contribution in [0.4, 0.5) is 0 Å². The second-order valence-electron chi connectivity index (χ2n) is 8.03. The molecule has 0 aliphatic heterocycles. The first kappa shape index (κ1) is 22.6. The molecule has 1 aliphatic rings. The van der Waals surface area contributed by atoms with E-state index in [2.05, 4.69) is 5.32 Å². The number of amides is 2. The number of likely N-dealkylation sites (N-methyl/N-ethyl adjacent to an activating group) is 1. The third-order valence-electron chi connectivity index (χ3n) is 5.84. The standard InChI is InChI=1S/C26H32N2O3/c1-4-28(22-8-6-5-7-9-22)26(30)24(18-20-12-16-23(31-3)17-13-20)27-25(29)21-14-10-19(2)11-15-21/h10-18,22H,4-9H2,1-3H3,(H,27,29)/b24-18-. The number of ether oxygens (including phenoxy) is 1. The molecule has 2 aromatic rings.